The van der Waals surface area contributed by atoms with Gasteiger partial charge >= 0.3 is 5.97 Å². The number of benzene rings is 2. The third kappa shape index (κ3) is 3.13. The topological polar surface area (TPSA) is 90.1 Å². The van der Waals surface area contributed by atoms with Crippen LogP contribution in [0.1, 0.15) is 29.5 Å². The molecule has 0 amide bonds. The van der Waals surface area contributed by atoms with E-state index in [9.17, 15) is 9.90 Å². The van der Waals surface area contributed by atoms with Crippen LogP contribution in [0.4, 0.5) is 0 Å². The van der Waals surface area contributed by atoms with Gasteiger partial charge in [0.15, 0.2) is 12.4 Å². The standard InChI is InChI=1S/C16H16N4O3/c1-2-7-20-15(17-18-19-20)10-23-16(22)13-8-11-5-3-4-6-12(11)9-14(13)21/h3-6,8-9,21H,2,7,10H2,1H3. The van der Waals surface area contributed by atoms with Crippen molar-refractivity contribution in [1.82, 2.24) is 20.2 Å². The number of esters is 1. The SMILES string of the molecule is CCCn1nnnc1COC(=O)c1cc2ccccc2cc1O. The number of tetrazole rings is 1. The van der Waals surface area contributed by atoms with Crippen molar-refractivity contribution in [3.05, 3.63) is 47.8 Å². The molecule has 0 saturated carbocycles. The zero-order chi connectivity index (χ0) is 16.2. The first-order valence-corrected chi connectivity index (χ1v) is 7.33. The van der Waals surface area contributed by atoms with E-state index in [0.717, 1.165) is 17.2 Å². The highest BCUT2D eigenvalue weighted by atomic mass is 16.5. The summed E-state index contributed by atoms with van der Waals surface area (Å²) >= 11 is 0. The number of nitrogens with zero attached hydrogens (tertiary/aromatic N) is 4. The van der Waals surface area contributed by atoms with Crippen LogP contribution < -0.4 is 0 Å². The summed E-state index contributed by atoms with van der Waals surface area (Å²) in [5, 5.41) is 23.0. The van der Waals surface area contributed by atoms with Crippen LogP contribution in [-0.2, 0) is 17.9 Å². The molecule has 3 rings (SSSR count). The summed E-state index contributed by atoms with van der Waals surface area (Å²) in [7, 11) is 0. The van der Waals surface area contributed by atoms with E-state index in [2.05, 4.69) is 15.5 Å². The first-order chi connectivity index (χ1) is 11.2. The van der Waals surface area contributed by atoms with Crippen LogP contribution >= 0.6 is 0 Å². The average Bonchev–Trinajstić information content (AvgIpc) is 2.99. The lowest BCUT2D eigenvalue weighted by molar-refractivity contribution is 0.0453. The predicted molar refractivity (Wildman–Crippen MR) is 82.8 cm³/mol. The Bertz CT molecular complexity index is 844. The lowest BCUT2D eigenvalue weighted by atomic mass is 10.1. The molecule has 0 saturated heterocycles. The number of carbonyl (C=O) groups is 1. The Balaban J connectivity index is 1.78. The minimum Gasteiger partial charge on any atom is -0.507 e. The number of fused-ring (bicyclic) bond motifs is 1. The molecule has 0 aliphatic rings. The molecule has 0 spiro atoms. The molecule has 0 radical (unpaired) electrons. The maximum absolute atomic E-state index is 12.2. The van der Waals surface area contributed by atoms with Gasteiger partial charge in [-0.25, -0.2) is 9.48 Å². The summed E-state index contributed by atoms with van der Waals surface area (Å²) in [6, 6.07) is 10.6. The molecule has 7 heteroatoms. The summed E-state index contributed by atoms with van der Waals surface area (Å²) in [4.78, 5) is 12.2. The van der Waals surface area contributed by atoms with Gasteiger partial charge in [-0.15, -0.1) is 5.10 Å². The molecule has 0 aliphatic carbocycles. The van der Waals surface area contributed by atoms with Crippen molar-refractivity contribution >= 4 is 16.7 Å². The van der Waals surface area contributed by atoms with Gasteiger partial charge in [-0.3, -0.25) is 0 Å². The highest BCUT2D eigenvalue weighted by Gasteiger charge is 2.16. The molecule has 1 heterocycles. The van der Waals surface area contributed by atoms with Crippen LogP contribution in [-0.4, -0.2) is 31.3 Å². The maximum atomic E-state index is 12.2. The minimum atomic E-state index is -0.612. The van der Waals surface area contributed by atoms with E-state index < -0.39 is 5.97 Å². The van der Waals surface area contributed by atoms with Gasteiger partial charge < -0.3 is 9.84 Å². The van der Waals surface area contributed by atoms with Crippen molar-refractivity contribution in [1.29, 1.82) is 0 Å². The Morgan fingerprint density at radius 1 is 1.26 bits per heavy atom. The number of aryl methyl sites for hydroxylation is 1. The first-order valence-electron chi connectivity index (χ1n) is 7.33. The summed E-state index contributed by atoms with van der Waals surface area (Å²) in [6.45, 7) is 2.61. The van der Waals surface area contributed by atoms with Gasteiger partial charge in [-0.1, -0.05) is 31.2 Å². The van der Waals surface area contributed by atoms with E-state index in [1.807, 2.05) is 31.2 Å². The van der Waals surface area contributed by atoms with E-state index in [1.165, 1.54) is 0 Å². The average molecular weight is 312 g/mol. The third-order valence-electron chi connectivity index (χ3n) is 3.46. The molecule has 2 aromatic carbocycles. The van der Waals surface area contributed by atoms with Crippen molar-refractivity contribution in [2.45, 2.75) is 26.5 Å². The molecule has 0 atom stereocenters. The normalized spacial score (nSPS) is 10.8. The lowest BCUT2D eigenvalue weighted by Crippen LogP contribution is -2.11. The van der Waals surface area contributed by atoms with Crippen molar-refractivity contribution < 1.29 is 14.6 Å². The third-order valence-corrected chi connectivity index (χ3v) is 3.46. The minimum absolute atomic E-state index is 0.0436. The molecule has 3 aromatic rings. The highest BCUT2D eigenvalue weighted by Crippen LogP contribution is 2.25. The van der Waals surface area contributed by atoms with Crippen molar-refractivity contribution in [2.24, 2.45) is 0 Å². The quantitative estimate of drug-likeness (QED) is 0.727. The molecule has 7 nitrogen and oxygen atoms in total. The number of phenols is 1. The molecule has 1 aromatic heterocycles. The lowest BCUT2D eigenvalue weighted by Gasteiger charge is -2.08. The fourth-order valence-corrected chi connectivity index (χ4v) is 2.31. The number of rotatable bonds is 5. The van der Waals surface area contributed by atoms with E-state index in [0.29, 0.717) is 12.4 Å². The van der Waals surface area contributed by atoms with Gasteiger partial charge in [0.05, 0.1) is 0 Å². The molecule has 1 N–H and O–H groups in total. The summed E-state index contributed by atoms with van der Waals surface area (Å²) < 4.78 is 6.82. The second-order valence-corrected chi connectivity index (χ2v) is 5.11. The number of aromatic hydroxyl groups is 1. The second kappa shape index (κ2) is 6.43. The van der Waals surface area contributed by atoms with Gasteiger partial charge in [0.25, 0.3) is 0 Å². The van der Waals surface area contributed by atoms with E-state index in [1.54, 1.807) is 16.8 Å². The second-order valence-electron chi connectivity index (χ2n) is 5.11. The number of carbonyl (C=O) groups excluding carboxylic acids is 1. The van der Waals surface area contributed by atoms with Gasteiger partial charge in [-0.2, -0.15) is 0 Å². The van der Waals surface area contributed by atoms with E-state index >= 15 is 0 Å². The van der Waals surface area contributed by atoms with Gasteiger partial charge in [0.2, 0.25) is 0 Å². The molecule has 0 fully saturated rings. The summed E-state index contributed by atoms with van der Waals surface area (Å²) in [6.07, 6.45) is 0.872. The molecular formula is C16H16N4O3. The van der Waals surface area contributed by atoms with Crippen LogP contribution in [0.15, 0.2) is 36.4 Å². The summed E-state index contributed by atoms with van der Waals surface area (Å²) in [5.41, 5.74) is 0.123. The Morgan fingerprint density at radius 2 is 2.00 bits per heavy atom. The number of aromatic nitrogens is 4. The van der Waals surface area contributed by atoms with Crippen LogP contribution in [0.2, 0.25) is 0 Å². The fraction of sp³-hybridized carbons (Fsp3) is 0.250. The molecule has 0 bridgehead atoms. The Kier molecular flexibility index (Phi) is 4.18. The maximum Gasteiger partial charge on any atom is 0.342 e. The zero-order valence-electron chi connectivity index (χ0n) is 12.6. The Morgan fingerprint density at radius 3 is 2.74 bits per heavy atom. The molecule has 0 aliphatic heterocycles. The van der Waals surface area contributed by atoms with Crippen LogP contribution in [0.25, 0.3) is 10.8 Å². The van der Waals surface area contributed by atoms with Crippen molar-refractivity contribution in [3.8, 4) is 5.75 Å². The summed E-state index contributed by atoms with van der Waals surface area (Å²) in [5.74, 6) is -0.248. The van der Waals surface area contributed by atoms with Gasteiger partial charge in [0, 0.05) is 6.54 Å². The molecule has 0 unspecified atom stereocenters. The number of hydrogen-bond acceptors (Lipinski definition) is 6. The van der Waals surface area contributed by atoms with E-state index in [-0.39, 0.29) is 17.9 Å². The first kappa shape index (κ1) is 15.0. The van der Waals surface area contributed by atoms with Crippen LogP contribution in [0, 0.1) is 0 Å². The fourth-order valence-electron chi connectivity index (χ4n) is 2.31. The molecule has 23 heavy (non-hydrogen) atoms. The van der Waals surface area contributed by atoms with Crippen molar-refractivity contribution in [3.63, 3.8) is 0 Å². The zero-order valence-corrected chi connectivity index (χ0v) is 12.6. The highest BCUT2D eigenvalue weighted by molar-refractivity contribution is 5.98. The Labute approximate surface area is 132 Å². The monoisotopic (exact) mass is 312 g/mol. The Hall–Kier alpha value is -2.96. The van der Waals surface area contributed by atoms with Crippen LogP contribution in [0.3, 0.4) is 0 Å². The van der Waals surface area contributed by atoms with Gasteiger partial charge in [0.1, 0.15) is 11.3 Å². The van der Waals surface area contributed by atoms with Crippen LogP contribution in [0.5, 0.6) is 5.75 Å². The molecular weight excluding hydrogens is 296 g/mol. The van der Waals surface area contributed by atoms with Crippen molar-refractivity contribution in [2.75, 3.05) is 0 Å². The molecule has 118 valence electrons. The number of hydrogen-bond donors (Lipinski definition) is 1. The van der Waals surface area contributed by atoms with E-state index in [4.69, 9.17) is 4.74 Å². The number of phenolic OH excluding ortho intramolecular Hbond substituents is 1. The van der Waals surface area contributed by atoms with Gasteiger partial charge in [-0.05, 0) is 39.8 Å². The largest absolute Gasteiger partial charge is 0.507 e. The smallest absolute Gasteiger partial charge is 0.342 e. The predicted octanol–water partition coefficient (Wildman–Crippen LogP) is 2.30. The number of ether oxygens (including phenoxy) is 1.